The largest absolute Gasteiger partial charge is 0.441 e. The van der Waals surface area contributed by atoms with Crippen molar-refractivity contribution in [3.05, 3.63) is 56.8 Å². The fourth-order valence-electron chi connectivity index (χ4n) is 9.41. The number of carbonyl (C=O) groups excluding carboxylic acids is 8. The molecule has 6 heterocycles. The lowest BCUT2D eigenvalue weighted by atomic mass is 9.96. The highest BCUT2D eigenvalue weighted by molar-refractivity contribution is 7.95. The quantitative estimate of drug-likeness (QED) is 0.0153. The zero-order chi connectivity index (χ0) is 68.5. The number of rotatable bonds is 34. The Morgan fingerprint density at radius 1 is 0.817 bits per heavy atom. The summed E-state index contributed by atoms with van der Waals surface area (Å²) in [4.78, 5) is 129. The van der Waals surface area contributed by atoms with Crippen LogP contribution in [0.25, 0.3) is 10.7 Å². The summed E-state index contributed by atoms with van der Waals surface area (Å²) in [5.41, 5.74) is 28.2. The van der Waals surface area contributed by atoms with Gasteiger partial charge in [-0.05, 0) is 24.7 Å². The highest BCUT2D eigenvalue weighted by Gasteiger charge is 2.54. The summed E-state index contributed by atoms with van der Waals surface area (Å²) in [5.74, 6) is -7.04. The van der Waals surface area contributed by atoms with E-state index in [1.807, 2.05) is 0 Å². The number of H-pyrrole nitrogens is 1. The minimum Gasteiger partial charge on any atom is -0.441 e. The number of nitrogens with one attached hydrogen (secondary N) is 7. The number of ether oxygens (including phenoxy) is 5. The molecule has 37 nitrogen and oxygen atoms in total. The van der Waals surface area contributed by atoms with Crippen LogP contribution in [0.15, 0.2) is 23.3 Å². The maximum Gasteiger partial charge on any atom is 0.404 e. The van der Waals surface area contributed by atoms with Gasteiger partial charge in [0.05, 0.1) is 85.6 Å². The number of thiazole rings is 2. The van der Waals surface area contributed by atoms with Gasteiger partial charge in [-0.3, -0.25) is 33.6 Å². The van der Waals surface area contributed by atoms with Crippen LogP contribution in [0.5, 0.6) is 0 Å². The zero-order valence-corrected chi connectivity index (χ0v) is 53.4. The molecule has 4 aromatic heterocycles. The molecular weight excluding hydrogens is 1290 g/mol. The number of nitrogens with zero attached hydrogens (tertiary/aromatic N) is 5. The van der Waals surface area contributed by atoms with Gasteiger partial charge in [0, 0.05) is 55.2 Å². The Morgan fingerprint density at radius 3 is 2.16 bits per heavy atom. The molecule has 6 rings (SSSR count). The first kappa shape index (κ1) is 74.8. The predicted molar refractivity (Wildman–Crippen MR) is 328 cm³/mol. The average molecular weight is 1370 g/mol. The number of nitrogen functional groups attached to an aromatic ring is 1. The normalized spacial score (nSPS) is 23.7. The molecule has 0 aromatic carbocycles. The highest BCUT2D eigenvalue weighted by atomic mass is 32.2. The summed E-state index contributed by atoms with van der Waals surface area (Å²) in [5, 5.41) is 97.3. The SMILES string of the molecule is Cc1c(N)nc([C@H](CC(N)=O)NC[C@H](N)C(N)=O)nc1C(=O)N[C@H](C(=O)N[C@H](C)[C@@H](O)[C@H](C)C(=O)NCC(=O)NCCc1nc(-c2nc(C(=O)NCCC[S+](C)C)cs2)cs1)[C@@H](O[C@@H]1O[C@@H](CO)[C@@H](O)[C@H](O)[C@@H]1O[C@H]1O[C@H](CO)[C@@H](O)[C@H](OC(N)=O)[C@@H]1O)c1cnc[nH]1. The number of imidazole rings is 1. The number of aliphatic hydroxyl groups excluding tert-OH is 7. The van der Waals surface area contributed by atoms with Gasteiger partial charge in [0.1, 0.15) is 94.4 Å². The van der Waals surface area contributed by atoms with Gasteiger partial charge < -0.3 is 125 Å². The fraction of sp³-hybridized carbons (Fsp3) is 0.604. The van der Waals surface area contributed by atoms with Gasteiger partial charge in [-0.25, -0.2) is 29.7 Å². The van der Waals surface area contributed by atoms with Crippen molar-refractivity contribution in [2.24, 2.45) is 28.9 Å². The van der Waals surface area contributed by atoms with Crippen LogP contribution in [-0.4, -0.2) is 256 Å². The van der Waals surface area contributed by atoms with Crippen molar-refractivity contribution in [3.8, 4) is 10.7 Å². The number of nitrogens with two attached hydrogens (primary N) is 5. The van der Waals surface area contributed by atoms with Crippen LogP contribution < -0.4 is 60.6 Å². The molecule has 17 atom stereocenters. The van der Waals surface area contributed by atoms with Gasteiger partial charge in [0.15, 0.2) is 18.7 Å². The van der Waals surface area contributed by atoms with Gasteiger partial charge in [-0.15, -0.1) is 22.7 Å². The Labute approximate surface area is 541 Å². The summed E-state index contributed by atoms with van der Waals surface area (Å²) in [6, 6.07) is -6.11. The number of aromatic nitrogens is 6. The Balaban J connectivity index is 1.23. The van der Waals surface area contributed by atoms with E-state index in [2.05, 4.69) is 74.3 Å². The van der Waals surface area contributed by atoms with Gasteiger partial charge in [-0.1, -0.05) is 6.92 Å². The molecular formula is C53H80N17O20S3+. The molecule has 0 bridgehead atoms. The highest BCUT2D eigenvalue weighted by Crippen LogP contribution is 2.35. The van der Waals surface area contributed by atoms with Gasteiger partial charge in [-0.2, -0.15) is 0 Å². The van der Waals surface area contributed by atoms with E-state index in [9.17, 15) is 69.3 Å². The van der Waals surface area contributed by atoms with E-state index in [4.69, 9.17) is 52.4 Å². The van der Waals surface area contributed by atoms with Crippen molar-refractivity contribution in [3.63, 3.8) is 0 Å². The number of hydrogen-bond donors (Lipinski definition) is 19. The Morgan fingerprint density at radius 2 is 1.52 bits per heavy atom. The number of aliphatic hydroxyl groups is 7. The van der Waals surface area contributed by atoms with Crippen LogP contribution in [0.3, 0.4) is 0 Å². The van der Waals surface area contributed by atoms with Crippen LogP contribution in [-0.2, 0) is 65.0 Å². The smallest absolute Gasteiger partial charge is 0.404 e. The molecule has 0 aliphatic carbocycles. The first-order chi connectivity index (χ1) is 44.0. The minimum atomic E-state index is -2.18. The molecule has 2 fully saturated rings. The lowest BCUT2D eigenvalue weighted by Crippen LogP contribution is -2.65. The molecule has 0 unspecified atom stereocenters. The van der Waals surface area contributed by atoms with E-state index in [-0.39, 0.29) is 58.5 Å². The van der Waals surface area contributed by atoms with Crippen molar-refractivity contribution < 1.29 is 97.8 Å². The molecule has 40 heteroatoms. The number of amides is 8. The molecule has 0 radical (unpaired) electrons. The monoisotopic (exact) mass is 1370 g/mol. The third-order valence-electron chi connectivity index (χ3n) is 14.7. The molecule has 2 aliphatic rings. The number of anilines is 1. The topological polar surface area (TPSA) is 607 Å². The molecule has 4 aromatic rings. The van der Waals surface area contributed by atoms with Crippen molar-refractivity contribution in [1.29, 1.82) is 0 Å². The van der Waals surface area contributed by atoms with Crippen LogP contribution in [0, 0.1) is 12.8 Å². The van der Waals surface area contributed by atoms with Gasteiger partial charge in [0.25, 0.3) is 11.8 Å². The molecule has 2 aliphatic heterocycles. The molecule has 24 N–H and O–H groups in total. The summed E-state index contributed by atoms with van der Waals surface area (Å²) in [7, 11) is 0.269. The molecule has 2 saturated heterocycles. The summed E-state index contributed by atoms with van der Waals surface area (Å²) in [6.07, 6.45) is -18.0. The molecule has 514 valence electrons. The van der Waals surface area contributed by atoms with Gasteiger partial charge >= 0.3 is 6.09 Å². The number of carbonyl (C=O) groups is 8. The Hall–Kier alpha value is -7.26. The van der Waals surface area contributed by atoms with E-state index < -0.39 is 177 Å². The maximum absolute atomic E-state index is 15.1. The predicted octanol–water partition coefficient (Wildman–Crippen LogP) is -7.45. The van der Waals surface area contributed by atoms with Crippen molar-refractivity contribution in [1.82, 2.24) is 61.8 Å². The number of primary amides is 3. The van der Waals surface area contributed by atoms with E-state index in [0.717, 1.165) is 24.7 Å². The third kappa shape index (κ3) is 20.4. The average Bonchev–Trinajstić information content (AvgIpc) is 1.83. The Kier molecular flexibility index (Phi) is 28.0. The first-order valence-electron chi connectivity index (χ1n) is 28.8. The van der Waals surface area contributed by atoms with Gasteiger partial charge in [0.2, 0.25) is 29.5 Å². The second-order valence-corrected chi connectivity index (χ2v) is 26.0. The summed E-state index contributed by atoms with van der Waals surface area (Å²) in [6.45, 7) is 1.68. The van der Waals surface area contributed by atoms with Crippen LogP contribution >= 0.6 is 22.7 Å². The molecule has 0 saturated carbocycles. The molecule has 93 heavy (non-hydrogen) atoms. The molecule has 0 spiro atoms. The second-order valence-electron chi connectivity index (χ2n) is 21.9. The number of hydrogen-bond acceptors (Lipinski definition) is 30. The van der Waals surface area contributed by atoms with E-state index in [0.29, 0.717) is 28.7 Å². The van der Waals surface area contributed by atoms with Crippen LogP contribution in [0.2, 0.25) is 0 Å². The van der Waals surface area contributed by atoms with E-state index in [1.54, 1.807) is 10.8 Å². The van der Waals surface area contributed by atoms with Crippen molar-refractivity contribution >= 4 is 86.8 Å². The van der Waals surface area contributed by atoms with Crippen molar-refractivity contribution in [2.75, 3.05) is 63.4 Å². The van der Waals surface area contributed by atoms with Crippen LogP contribution in [0.1, 0.15) is 81.9 Å². The number of aromatic amines is 1. The maximum atomic E-state index is 15.1. The third-order valence-corrected chi connectivity index (χ3v) is 17.5. The standard InChI is InChI=1S/C53H79N17O20S3/c1-20-33(68-45(70-43(20)56)24(11-30(55)73)62-12-23(54)44(57)80)48(83)69-34(40(25-13-59-19-64-25)88-52-42(38(78)36(76)28(15-71)87-52)89-51-39(79)41(90-53(58)85)37(77)29(16-72)86-51)49(84)65-22(3)35(75)21(2)46(81)63-14-31(74)60-9-7-32-66-27(18-91-32)50-67-26(17-92-50)47(82)61-8-6-10-93(4)5/h13,17-19,21-24,28-29,34-42,51-52,62,71-72,75-79H,6-12,14-16,54H2,1-5H3,(H13-,55,56,57,58,59,60,61,63,64,65,68,69,70,73,74,80,81,82,83,84,85)/p+1/t21-,22+,23-,24-,28-,29+,34-,35-,36+,37+,38-,39-,40-,41-,42-,51+,52-/m0/s1. The first-order valence-corrected chi connectivity index (χ1v) is 32.8. The molecule has 8 amide bonds. The second kappa shape index (κ2) is 34.8. The lowest BCUT2D eigenvalue weighted by Gasteiger charge is -2.47. The summed E-state index contributed by atoms with van der Waals surface area (Å²) >= 11 is 2.59. The Bertz CT molecular complexity index is 3190. The lowest BCUT2D eigenvalue weighted by molar-refractivity contribution is -0.372. The van der Waals surface area contributed by atoms with Crippen LogP contribution in [0.4, 0.5) is 10.6 Å². The van der Waals surface area contributed by atoms with E-state index in [1.165, 1.54) is 43.4 Å². The summed E-state index contributed by atoms with van der Waals surface area (Å²) < 4.78 is 28.7. The van der Waals surface area contributed by atoms with E-state index >= 15 is 4.79 Å². The fourth-order valence-corrected chi connectivity index (χ4v) is 11.7. The zero-order valence-electron chi connectivity index (χ0n) is 51.0. The minimum absolute atomic E-state index is 0.104. The van der Waals surface area contributed by atoms with Crippen molar-refractivity contribution in [2.45, 2.75) is 138 Å².